The summed E-state index contributed by atoms with van der Waals surface area (Å²) < 4.78 is 0. The molecule has 41 heavy (non-hydrogen) atoms. The smallest absolute Gasteiger partial charge is 0.00675 e. The highest BCUT2D eigenvalue weighted by Gasteiger charge is 1.98. The second kappa shape index (κ2) is 38.4. The molecule has 0 aromatic rings. The Morgan fingerprint density at radius 1 is 0.293 bits per heavy atom. The van der Waals surface area contributed by atoms with Crippen molar-refractivity contribution in [3.63, 3.8) is 0 Å². The molecular formula is C40H82S. The molecule has 0 saturated heterocycles. The van der Waals surface area contributed by atoms with E-state index in [4.69, 9.17) is 0 Å². The maximum Gasteiger partial charge on any atom is -0.00675 e. The van der Waals surface area contributed by atoms with Gasteiger partial charge in [0.05, 0.1) is 0 Å². The predicted molar refractivity (Wildman–Crippen MR) is 195 cm³/mol. The molecule has 0 aromatic carbocycles. The minimum absolute atomic E-state index is 0.894. The van der Waals surface area contributed by atoms with Gasteiger partial charge in [-0.3, -0.25) is 0 Å². The van der Waals surface area contributed by atoms with E-state index < -0.39 is 0 Å². The number of rotatable bonds is 37. The van der Waals surface area contributed by atoms with Gasteiger partial charge in [0.2, 0.25) is 0 Å². The zero-order valence-electron chi connectivity index (χ0n) is 29.4. The third-order valence-electron chi connectivity index (χ3n) is 9.21. The SMILES string of the molecule is CCCCCCCCCCCCCCCCCCCCCCCCCCCCSCCCCCCCCCC(C)C. The van der Waals surface area contributed by atoms with Crippen LogP contribution in [0.4, 0.5) is 0 Å². The molecule has 0 saturated carbocycles. The average molecular weight is 595 g/mol. The predicted octanol–water partition coefficient (Wildman–Crippen LogP) is 15.7. The summed E-state index contributed by atoms with van der Waals surface area (Å²) in [6.07, 6.45) is 50.2. The highest BCUT2D eigenvalue weighted by molar-refractivity contribution is 7.99. The van der Waals surface area contributed by atoms with Gasteiger partial charge in [-0.05, 0) is 30.3 Å². The molecule has 0 aliphatic carbocycles. The first-order valence-corrected chi connectivity index (χ1v) is 21.0. The molecule has 0 aliphatic heterocycles. The van der Waals surface area contributed by atoms with Gasteiger partial charge in [-0.25, -0.2) is 0 Å². The molecule has 0 rings (SSSR count). The highest BCUT2D eigenvalue weighted by Crippen LogP contribution is 2.17. The van der Waals surface area contributed by atoms with Crippen LogP contribution in [0.5, 0.6) is 0 Å². The van der Waals surface area contributed by atoms with Gasteiger partial charge in [0.15, 0.2) is 0 Å². The summed E-state index contributed by atoms with van der Waals surface area (Å²) in [6, 6.07) is 0. The average Bonchev–Trinajstić information content (AvgIpc) is 2.97. The summed E-state index contributed by atoms with van der Waals surface area (Å²) in [6.45, 7) is 7.01. The topological polar surface area (TPSA) is 0 Å². The lowest BCUT2D eigenvalue weighted by atomic mass is 10.0. The van der Waals surface area contributed by atoms with Crippen molar-refractivity contribution in [3.05, 3.63) is 0 Å². The van der Waals surface area contributed by atoms with E-state index in [1.165, 1.54) is 230 Å². The number of hydrogen-bond acceptors (Lipinski definition) is 1. The Hall–Kier alpha value is 0.350. The Bertz CT molecular complexity index is 431. The summed E-state index contributed by atoms with van der Waals surface area (Å²) in [5, 5.41) is 0. The molecule has 0 bridgehead atoms. The van der Waals surface area contributed by atoms with Crippen LogP contribution in [0.25, 0.3) is 0 Å². The second-order valence-electron chi connectivity index (χ2n) is 14.1. The first-order valence-electron chi connectivity index (χ1n) is 19.8. The molecule has 1 heteroatoms. The zero-order valence-corrected chi connectivity index (χ0v) is 30.3. The molecule has 0 nitrogen and oxygen atoms in total. The van der Waals surface area contributed by atoms with Crippen molar-refractivity contribution in [2.24, 2.45) is 5.92 Å². The Morgan fingerprint density at radius 2 is 0.512 bits per heavy atom. The van der Waals surface area contributed by atoms with Gasteiger partial charge in [0, 0.05) is 0 Å². The van der Waals surface area contributed by atoms with E-state index >= 15 is 0 Å². The fourth-order valence-electron chi connectivity index (χ4n) is 6.26. The summed E-state index contributed by atoms with van der Waals surface area (Å²) in [5.74, 6) is 3.71. The highest BCUT2D eigenvalue weighted by atomic mass is 32.2. The lowest BCUT2D eigenvalue weighted by Crippen LogP contribution is -1.88. The summed E-state index contributed by atoms with van der Waals surface area (Å²) in [5.41, 5.74) is 0. The maximum atomic E-state index is 2.35. The molecule has 248 valence electrons. The molecule has 0 atom stereocenters. The molecule has 0 radical (unpaired) electrons. The van der Waals surface area contributed by atoms with Crippen molar-refractivity contribution >= 4 is 11.8 Å². The van der Waals surface area contributed by atoms with E-state index in [-0.39, 0.29) is 0 Å². The van der Waals surface area contributed by atoms with E-state index in [9.17, 15) is 0 Å². The van der Waals surface area contributed by atoms with Crippen LogP contribution >= 0.6 is 11.8 Å². The first kappa shape index (κ1) is 41.4. The maximum absolute atomic E-state index is 2.35. The van der Waals surface area contributed by atoms with Gasteiger partial charge in [0.25, 0.3) is 0 Å². The summed E-state index contributed by atoms with van der Waals surface area (Å²) in [7, 11) is 0. The van der Waals surface area contributed by atoms with Crippen LogP contribution in [0, 0.1) is 5.92 Å². The number of thioether (sulfide) groups is 1. The Morgan fingerprint density at radius 3 is 0.756 bits per heavy atom. The lowest BCUT2D eigenvalue weighted by Gasteiger charge is -2.05. The fraction of sp³-hybridized carbons (Fsp3) is 1.00. The van der Waals surface area contributed by atoms with E-state index in [2.05, 4.69) is 32.5 Å². The molecule has 0 fully saturated rings. The molecule has 0 amide bonds. The van der Waals surface area contributed by atoms with Crippen LogP contribution in [-0.2, 0) is 0 Å². The van der Waals surface area contributed by atoms with E-state index in [1.807, 2.05) is 0 Å². The molecule has 0 spiro atoms. The van der Waals surface area contributed by atoms with Crippen molar-refractivity contribution in [2.75, 3.05) is 11.5 Å². The molecule has 0 aliphatic rings. The van der Waals surface area contributed by atoms with E-state index in [0.29, 0.717) is 0 Å². The lowest BCUT2D eigenvalue weighted by molar-refractivity contribution is 0.511. The third kappa shape index (κ3) is 40.4. The monoisotopic (exact) mass is 595 g/mol. The normalized spacial score (nSPS) is 11.7. The van der Waals surface area contributed by atoms with Crippen LogP contribution in [0.3, 0.4) is 0 Å². The van der Waals surface area contributed by atoms with Crippen LogP contribution < -0.4 is 0 Å². The molecular weight excluding hydrogens is 513 g/mol. The quantitative estimate of drug-likeness (QED) is 0.0645. The fourth-order valence-corrected chi connectivity index (χ4v) is 7.28. The third-order valence-corrected chi connectivity index (χ3v) is 10.4. The van der Waals surface area contributed by atoms with Crippen LogP contribution in [0.1, 0.15) is 239 Å². The Kier molecular flexibility index (Phi) is 38.7. The Balaban J connectivity index is 3.03. The van der Waals surface area contributed by atoms with Gasteiger partial charge < -0.3 is 0 Å². The van der Waals surface area contributed by atoms with Crippen molar-refractivity contribution < 1.29 is 0 Å². The minimum atomic E-state index is 0.894. The van der Waals surface area contributed by atoms with Crippen molar-refractivity contribution in [2.45, 2.75) is 239 Å². The van der Waals surface area contributed by atoms with Gasteiger partial charge in [0.1, 0.15) is 0 Å². The van der Waals surface area contributed by atoms with Crippen molar-refractivity contribution in [1.82, 2.24) is 0 Å². The summed E-state index contributed by atoms with van der Waals surface area (Å²) in [4.78, 5) is 0. The van der Waals surface area contributed by atoms with E-state index in [1.54, 1.807) is 0 Å². The summed E-state index contributed by atoms with van der Waals surface area (Å²) >= 11 is 2.22. The number of unbranched alkanes of at least 4 members (excludes halogenated alkanes) is 31. The van der Waals surface area contributed by atoms with Gasteiger partial charge in [-0.15, -0.1) is 0 Å². The van der Waals surface area contributed by atoms with Gasteiger partial charge in [-0.1, -0.05) is 226 Å². The number of hydrogen-bond donors (Lipinski definition) is 0. The zero-order chi connectivity index (χ0) is 29.7. The van der Waals surface area contributed by atoms with Crippen LogP contribution in [0.2, 0.25) is 0 Å². The minimum Gasteiger partial charge on any atom is -0.162 e. The van der Waals surface area contributed by atoms with Crippen LogP contribution in [-0.4, -0.2) is 11.5 Å². The Labute approximate surface area is 267 Å². The second-order valence-corrected chi connectivity index (χ2v) is 15.3. The van der Waals surface area contributed by atoms with Crippen LogP contribution in [0.15, 0.2) is 0 Å². The molecule has 0 heterocycles. The molecule has 0 unspecified atom stereocenters. The first-order chi connectivity index (χ1) is 20.3. The van der Waals surface area contributed by atoms with E-state index in [0.717, 1.165) is 5.92 Å². The van der Waals surface area contributed by atoms with Gasteiger partial charge in [-0.2, -0.15) is 11.8 Å². The molecule has 0 N–H and O–H groups in total. The molecule has 0 aromatic heterocycles. The van der Waals surface area contributed by atoms with Crippen molar-refractivity contribution in [3.8, 4) is 0 Å². The standard InChI is InChI=1S/C40H82S/c1-4-5-6-7-8-9-10-11-12-13-14-15-16-17-18-19-20-21-22-23-24-25-26-29-32-35-38-41-39-36-33-30-27-28-31-34-37-40(2)3/h40H,4-39H2,1-3H3. The largest absolute Gasteiger partial charge is 0.162 e. The van der Waals surface area contributed by atoms with Gasteiger partial charge >= 0.3 is 0 Å². The van der Waals surface area contributed by atoms with Crippen molar-refractivity contribution in [1.29, 1.82) is 0 Å².